The highest BCUT2D eigenvalue weighted by Crippen LogP contribution is 2.42. The molecule has 4 rings (SSSR count). The molecule has 2 aromatic carbocycles. The minimum atomic E-state index is -1.42. The van der Waals surface area contributed by atoms with Crippen LogP contribution in [0.3, 0.4) is 0 Å². The van der Waals surface area contributed by atoms with E-state index in [4.69, 9.17) is 9.73 Å². The largest absolute Gasteiger partial charge is 0.454 e. The van der Waals surface area contributed by atoms with Gasteiger partial charge < -0.3 is 15.0 Å². The van der Waals surface area contributed by atoms with Crippen LogP contribution in [0.5, 0.6) is 11.5 Å². The van der Waals surface area contributed by atoms with Crippen LogP contribution >= 0.6 is 0 Å². The van der Waals surface area contributed by atoms with Crippen molar-refractivity contribution in [3.05, 3.63) is 53.1 Å². The number of hydrogen-bond acceptors (Lipinski definition) is 4. The lowest BCUT2D eigenvalue weighted by Crippen LogP contribution is -2.46. The van der Waals surface area contributed by atoms with Crippen molar-refractivity contribution in [3.8, 4) is 11.5 Å². The lowest BCUT2D eigenvalue weighted by molar-refractivity contribution is 0.221. The van der Waals surface area contributed by atoms with Crippen molar-refractivity contribution in [3.63, 3.8) is 0 Å². The number of para-hydroxylation sites is 1. The third-order valence-electron chi connectivity index (χ3n) is 4.95. The van der Waals surface area contributed by atoms with E-state index in [-0.39, 0.29) is 0 Å². The van der Waals surface area contributed by atoms with Crippen LogP contribution in [0.25, 0.3) is 0 Å². The number of ether oxygens (including phenoxy) is 1. The predicted octanol–water partition coefficient (Wildman–Crippen LogP) is 4.29. The van der Waals surface area contributed by atoms with Crippen molar-refractivity contribution < 1.29 is 9.13 Å². The summed E-state index contributed by atoms with van der Waals surface area (Å²) in [6.07, 6.45) is 0. The lowest BCUT2D eigenvalue weighted by Gasteiger charge is -2.30. The van der Waals surface area contributed by atoms with E-state index in [0.717, 1.165) is 48.9 Å². The summed E-state index contributed by atoms with van der Waals surface area (Å²) in [5, 5.41) is 3.38. The van der Waals surface area contributed by atoms with E-state index in [1.54, 1.807) is 26.0 Å². The Balaban J connectivity index is 1.89. The van der Waals surface area contributed by atoms with Crippen LogP contribution in [-0.2, 0) is 5.67 Å². The molecular formula is C21H24FN3O. The average molecular weight is 353 g/mol. The van der Waals surface area contributed by atoms with Gasteiger partial charge in [0.2, 0.25) is 0 Å². The first-order valence-corrected chi connectivity index (χ1v) is 9.09. The first-order chi connectivity index (χ1) is 12.4. The second-order valence-corrected chi connectivity index (χ2v) is 7.38. The third-order valence-corrected chi connectivity index (χ3v) is 4.95. The average Bonchev–Trinajstić information content (AvgIpc) is 2.79. The molecule has 0 spiro atoms. The van der Waals surface area contributed by atoms with Crippen LogP contribution in [0, 0.1) is 6.92 Å². The number of nitrogens with one attached hydrogen (secondary N) is 1. The molecule has 0 atom stereocenters. The molecule has 2 heterocycles. The normalized spacial score (nSPS) is 16.9. The Bertz CT molecular complexity index is 864. The number of aliphatic imine (C=N–C) groups is 1. The number of piperazine rings is 1. The molecule has 2 aromatic rings. The number of alkyl halides is 1. The van der Waals surface area contributed by atoms with Crippen LogP contribution in [-0.4, -0.2) is 36.9 Å². The van der Waals surface area contributed by atoms with Crippen molar-refractivity contribution in [1.82, 2.24) is 10.2 Å². The zero-order valence-corrected chi connectivity index (χ0v) is 15.5. The molecule has 1 N–H and O–H groups in total. The molecule has 2 aliphatic rings. The summed E-state index contributed by atoms with van der Waals surface area (Å²) in [6.45, 7) is 8.78. The lowest BCUT2D eigenvalue weighted by atomic mass is 9.99. The number of hydrogen-bond donors (Lipinski definition) is 1. The number of fused-ring (bicyclic) bond motifs is 2. The molecule has 26 heavy (non-hydrogen) atoms. The van der Waals surface area contributed by atoms with Crippen LogP contribution in [0.15, 0.2) is 41.4 Å². The van der Waals surface area contributed by atoms with Crippen molar-refractivity contribution >= 4 is 11.5 Å². The standard InChI is InChI=1S/C21H24FN3O/c1-14-5-4-6-16-19(14)26-18-8-7-15(21(2,3)22)13-17(18)24-20(16)25-11-9-23-10-12-25/h4-8,13,23H,9-12H2,1-3H3. The Morgan fingerprint density at radius 3 is 2.65 bits per heavy atom. The van der Waals surface area contributed by atoms with Crippen molar-refractivity contribution in [2.75, 3.05) is 26.2 Å². The Hall–Kier alpha value is -2.40. The molecule has 0 radical (unpaired) electrons. The number of benzene rings is 2. The van der Waals surface area contributed by atoms with Gasteiger partial charge in [-0.1, -0.05) is 18.2 Å². The highest BCUT2D eigenvalue weighted by Gasteiger charge is 2.26. The fraction of sp³-hybridized carbons (Fsp3) is 0.381. The molecule has 0 saturated carbocycles. The van der Waals surface area contributed by atoms with Gasteiger partial charge in [-0.3, -0.25) is 0 Å². The second kappa shape index (κ2) is 6.40. The third kappa shape index (κ3) is 3.07. The van der Waals surface area contributed by atoms with Crippen molar-refractivity contribution in [2.45, 2.75) is 26.4 Å². The van der Waals surface area contributed by atoms with Crippen molar-refractivity contribution in [1.29, 1.82) is 0 Å². The van der Waals surface area contributed by atoms with Gasteiger partial charge in [0.05, 0.1) is 5.56 Å². The predicted molar refractivity (Wildman–Crippen MR) is 102 cm³/mol. The maximum absolute atomic E-state index is 14.5. The maximum Gasteiger partial charge on any atom is 0.153 e. The van der Waals surface area contributed by atoms with Gasteiger partial charge in [0.25, 0.3) is 0 Å². The van der Waals surface area contributed by atoms with Gasteiger partial charge in [0.15, 0.2) is 5.75 Å². The quantitative estimate of drug-likeness (QED) is 0.831. The molecule has 0 amide bonds. The van der Waals surface area contributed by atoms with E-state index in [1.165, 1.54) is 0 Å². The molecule has 5 heteroatoms. The molecule has 0 aliphatic carbocycles. The molecule has 1 fully saturated rings. The molecule has 2 aliphatic heterocycles. The molecule has 1 saturated heterocycles. The number of halogens is 1. The SMILES string of the molecule is Cc1cccc2c1Oc1ccc(C(C)(C)F)cc1N=C2N1CCNCC1. The van der Waals surface area contributed by atoms with Crippen LogP contribution in [0.4, 0.5) is 10.1 Å². The molecule has 0 aromatic heterocycles. The van der Waals surface area contributed by atoms with Crippen LogP contribution in [0.2, 0.25) is 0 Å². The van der Waals surface area contributed by atoms with Gasteiger partial charge in [-0.05, 0) is 50.1 Å². The van der Waals surface area contributed by atoms with Crippen LogP contribution in [0.1, 0.15) is 30.5 Å². The summed E-state index contributed by atoms with van der Waals surface area (Å²) in [7, 11) is 0. The zero-order chi connectivity index (χ0) is 18.3. The van der Waals surface area contributed by atoms with E-state index < -0.39 is 5.67 Å². The van der Waals surface area contributed by atoms with Gasteiger partial charge in [0.1, 0.15) is 22.9 Å². The summed E-state index contributed by atoms with van der Waals surface area (Å²) < 4.78 is 20.7. The summed E-state index contributed by atoms with van der Waals surface area (Å²) in [5.74, 6) is 2.40. The summed E-state index contributed by atoms with van der Waals surface area (Å²) in [6, 6.07) is 11.5. The minimum Gasteiger partial charge on any atom is -0.454 e. The van der Waals surface area contributed by atoms with E-state index in [2.05, 4.69) is 16.3 Å². The number of rotatable bonds is 1. The summed E-state index contributed by atoms with van der Waals surface area (Å²) >= 11 is 0. The monoisotopic (exact) mass is 353 g/mol. The number of amidine groups is 1. The van der Waals surface area contributed by atoms with Crippen LogP contribution < -0.4 is 10.1 Å². The zero-order valence-electron chi connectivity index (χ0n) is 15.5. The highest BCUT2D eigenvalue weighted by molar-refractivity contribution is 6.04. The number of aryl methyl sites for hydroxylation is 1. The first kappa shape index (κ1) is 17.0. The molecule has 4 nitrogen and oxygen atoms in total. The van der Waals surface area contributed by atoms with E-state index in [9.17, 15) is 4.39 Å². The Morgan fingerprint density at radius 2 is 1.92 bits per heavy atom. The first-order valence-electron chi connectivity index (χ1n) is 9.09. The Kier molecular flexibility index (Phi) is 4.19. The van der Waals surface area contributed by atoms with Gasteiger partial charge in [-0.25, -0.2) is 9.38 Å². The van der Waals surface area contributed by atoms with Gasteiger partial charge >= 0.3 is 0 Å². The fourth-order valence-corrected chi connectivity index (χ4v) is 3.43. The Morgan fingerprint density at radius 1 is 1.15 bits per heavy atom. The van der Waals surface area contributed by atoms with E-state index >= 15 is 0 Å². The van der Waals surface area contributed by atoms with Gasteiger partial charge in [0, 0.05) is 26.2 Å². The van der Waals surface area contributed by atoms with E-state index in [1.807, 2.05) is 25.1 Å². The van der Waals surface area contributed by atoms with Gasteiger partial charge in [-0.2, -0.15) is 0 Å². The molecule has 0 unspecified atom stereocenters. The second-order valence-electron chi connectivity index (χ2n) is 7.38. The fourth-order valence-electron chi connectivity index (χ4n) is 3.43. The topological polar surface area (TPSA) is 36.9 Å². The highest BCUT2D eigenvalue weighted by atomic mass is 19.1. The van der Waals surface area contributed by atoms with E-state index in [0.29, 0.717) is 17.0 Å². The number of nitrogens with zero attached hydrogens (tertiary/aromatic N) is 2. The molecule has 0 bridgehead atoms. The molecule has 136 valence electrons. The minimum absolute atomic E-state index is 0.603. The Labute approximate surface area is 153 Å². The molecular weight excluding hydrogens is 329 g/mol. The van der Waals surface area contributed by atoms with Gasteiger partial charge in [-0.15, -0.1) is 0 Å². The van der Waals surface area contributed by atoms with Crippen molar-refractivity contribution in [2.24, 2.45) is 4.99 Å². The maximum atomic E-state index is 14.5. The summed E-state index contributed by atoms with van der Waals surface area (Å²) in [4.78, 5) is 7.22. The smallest absolute Gasteiger partial charge is 0.153 e. The summed E-state index contributed by atoms with van der Waals surface area (Å²) in [5.41, 5.74) is 1.91.